The van der Waals surface area contributed by atoms with Gasteiger partial charge < -0.3 is 5.32 Å². The monoisotopic (exact) mass is 219 g/mol. The molecule has 4 nitrogen and oxygen atoms in total. The second kappa shape index (κ2) is 5.14. The number of rotatable bonds is 4. The normalized spacial score (nSPS) is 10.0. The van der Waals surface area contributed by atoms with E-state index in [0.717, 1.165) is 24.2 Å². The second-order valence-corrected chi connectivity index (χ2v) is 4.03. The predicted molar refractivity (Wildman–Crippen MR) is 52.2 cm³/mol. The topological polar surface area (TPSA) is 54.9 Å². The van der Waals surface area contributed by atoms with Gasteiger partial charge in [-0.2, -0.15) is 0 Å². The SMILES string of the molecule is CCCCNC(=O)c1nnc(Cl)s1. The van der Waals surface area contributed by atoms with Crippen LogP contribution >= 0.6 is 22.9 Å². The van der Waals surface area contributed by atoms with E-state index in [4.69, 9.17) is 11.6 Å². The Labute approximate surface area is 85.3 Å². The maximum atomic E-state index is 11.3. The standard InChI is InChI=1S/C7H10ClN3OS/c1-2-3-4-9-5(12)6-10-11-7(8)13-6/h2-4H2,1H3,(H,9,12). The van der Waals surface area contributed by atoms with Crippen LogP contribution in [0.5, 0.6) is 0 Å². The molecule has 0 bridgehead atoms. The van der Waals surface area contributed by atoms with Gasteiger partial charge in [-0.05, 0) is 18.0 Å². The van der Waals surface area contributed by atoms with E-state index < -0.39 is 0 Å². The third-order valence-electron chi connectivity index (χ3n) is 1.41. The minimum absolute atomic E-state index is 0.196. The van der Waals surface area contributed by atoms with Crippen LogP contribution in [0.1, 0.15) is 29.6 Å². The molecule has 1 heterocycles. The molecule has 0 aromatic carbocycles. The lowest BCUT2D eigenvalue weighted by Crippen LogP contribution is -2.24. The zero-order valence-corrected chi connectivity index (χ0v) is 8.78. The highest BCUT2D eigenvalue weighted by atomic mass is 35.5. The van der Waals surface area contributed by atoms with Crippen LogP contribution in [0, 0.1) is 0 Å². The van der Waals surface area contributed by atoms with Crippen molar-refractivity contribution in [2.24, 2.45) is 0 Å². The molecule has 0 atom stereocenters. The number of unbranched alkanes of at least 4 members (excludes halogenated alkanes) is 1. The first-order valence-corrected chi connectivity index (χ1v) is 5.20. The molecule has 0 radical (unpaired) electrons. The van der Waals surface area contributed by atoms with E-state index >= 15 is 0 Å². The highest BCUT2D eigenvalue weighted by Crippen LogP contribution is 2.14. The summed E-state index contributed by atoms with van der Waals surface area (Å²) in [4.78, 5) is 11.3. The maximum absolute atomic E-state index is 11.3. The molecule has 1 rings (SSSR count). The number of aromatic nitrogens is 2. The molecule has 1 N–H and O–H groups in total. The van der Waals surface area contributed by atoms with E-state index in [9.17, 15) is 4.79 Å². The zero-order valence-electron chi connectivity index (χ0n) is 7.21. The summed E-state index contributed by atoms with van der Waals surface area (Å²) >= 11 is 6.62. The molecule has 0 saturated carbocycles. The minimum atomic E-state index is -0.196. The van der Waals surface area contributed by atoms with Gasteiger partial charge in [0.15, 0.2) is 0 Å². The van der Waals surface area contributed by atoms with E-state index in [1.807, 2.05) is 0 Å². The molecule has 13 heavy (non-hydrogen) atoms. The predicted octanol–water partition coefficient (Wildman–Crippen LogP) is 1.72. The summed E-state index contributed by atoms with van der Waals surface area (Å²) in [6.07, 6.45) is 2.02. The van der Waals surface area contributed by atoms with Crippen LogP contribution in [0.2, 0.25) is 4.47 Å². The second-order valence-electron chi connectivity index (χ2n) is 2.47. The highest BCUT2D eigenvalue weighted by molar-refractivity contribution is 7.17. The quantitative estimate of drug-likeness (QED) is 0.785. The van der Waals surface area contributed by atoms with Crippen LogP contribution in [0.25, 0.3) is 0 Å². The Morgan fingerprint density at radius 1 is 1.62 bits per heavy atom. The fraction of sp³-hybridized carbons (Fsp3) is 0.571. The Kier molecular flexibility index (Phi) is 4.11. The van der Waals surface area contributed by atoms with Gasteiger partial charge in [-0.15, -0.1) is 10.2 Å². The van der Waals surface area contributed by atoms with Crippen LogP contribution in [-0.4, -0.2) is 22.6 Å². The number of amides is 1. The molecule has 0 spiro atoms. The average molecular weight is 220 g/mol. The molecule has 1 aromatic heterocycles. The number of carbonyl (C=O) groups is 1. The molecule has 0 aliphatic carbocycles. The van der Waals surface area contributed by atoms with Crippen molar-refractivity contribution in [2.75, 3.05) is 6.54 Å². The number of halogens is 1. The maximum Gasteiger partial charge on any atom is 0.282 e. The van der Waals surface area contributed by atoms with Crippen molar-refractivity contribution in [1.82, 2.24) is 15.5 Å². The third kappa shape index (κ3) is 3.28. The van der Waals surface area contributed by atoms with Gasteiger partial charge in [0.2, 0.25) is 9.47 Å². The van der Waals surface area contributed by atoms with Crippen molar-refractivity contribution in [3.8, 4) is 0 Å². The van der Waals surface area contributed by atoms with Gasteiger partial charge in [-0.3, -0.25) is 4.79 Å². The molecule has 0 fully saturated rings. The molecule has 1 aromatic rings. The first-order valence-electron chi connectivity index (χ1n) is 4.01. The minimum Gasteiger partial charge on any atom is -0.350 e. The summed E-state index contributed by atoms with van der Waals surface area (Å²) in [5.41, 5.74) is 0. The molecule has 6 heteroatoms. The Balaban J connectivity index is 2.40. The van der Waals surface area contributed by atoms with Gasteiger partial charge in [0.1, 0.15) is 0 Å². The number of nitrogens with zero attached hydrogens (tertiary/aromatic N) is 2. The van der Waals surface area contributed by atoms with Crippen LogP contribution < -0.4 is 5.32 Å². The lowest BCUT2D eigenvalue weighted by molar-refractivity contribution is 0.0952. The van der Waals surface area contributed by atoms with Crippen molar-refractivity contribution in [2.45, 2.75) is 19.8 Å². The van der Waals surface area contributed by atoms with Crippen molar-refractivity contribution in [3.63, 3.8) is 0 Å². The number of nitrogens with one attached hydrogen (secondary N) is 1. The van der Waals surface area contributed by atoms with Gasteiger partial charge in [-0.1, -0.05) is 24.7 Å². The number of carbonyl (C=O) groups excluding carboxylic acids is 1. The largest absolute Gasteiger partial charge is 0.350 e. The van der Waals surface area contributed by atoms with E-state index in [2.05, 4.69) is 22.4 Å². The first-order chi connectivity index (χ1) is 6.24. The van der Waals surface area contributed by atoms with Gasteiger partial charge in [0.05, 0.1) is 0 Å². The smallest absolute Gasteiger partial charge is 0.282 e. The molecular formula is C7H10ClN3OS. The molecule has 0 aliphatic heterocycles. The van der Waals surface area contributed by atoms with Gasteiger partial charge in [0, 0.05) is 6.54 Å². The summed E-state index contributed by atoms with van der Waals surface area (Å²) < 4.78 is 0.292. The summed E-state index contributed by atoms with van der Waals surface area (Å²) in [6.45, 7) is 2.74. The van der Waals surface area contributed by atoms with E-state index in [0.29, 0.717) is 16.0 Å². The van der Waals surface area contributed by atoms with E-state index in [1.54, 1.807) is 0 Å². The summed E-state index contributed by atoms with van der Waals surface area (Å²) in [6, 6.07) is 0. The average Bonchev–Trinajstić information content (AvgIpc) is 2.52. The number of hydrogen-bond acceptors (Lipinski definition) is 4. The molecule has 0 aliphatic rings. The first kappa shape index (κ1) is 10.4. The highest BCUT2D eigenvalue weighted by Gasteiger charge is 2.10. The third-order valence-corrected chi connectivity index (χ3v) is 2.43. The molecule has 72 valence electrons. The lowest BCUT2D eigenvalue weighted by atomic mass is 10.3. The summed E-state index contributed by atoms with van der Waals surface area (Å²) in [5.74, 6) is -0.196. The molecule has 0 saturated heterocycles. The van der Waals surface area contributed by atoms with Crippen LogP contribution in [-0.2, 0) is 0 Å². The summed E-state index contributed by atoms with van der Waals surface area (Å²) in [5, 5.41) is 10.2. The Bertz CT molecular complexity index is 289. The lowest BCUT2D eigenvalue weighted by Gasteiger charge is -1.98. The molecule has 0 unspecified atom stereocenters. The zero-order chi connectivity index (χ0) is 9.68. The Morgan fingerprint density at radius 2 is 2.38 bits per heavy atom. The Hall–Kier alpha value is -0.680. The fourth-order valence-electron chi connectivity index (χ4n) is 0.751. The molecular weight excluding hydrogens is 210 g/mol. The van der Waals surface area contributed by atoms with Crippen LogP contribution in [0.15, 0.2) is 0 Å². The van der Waals surface area contributed by atoms with E-state index in [-0.39, 0.29) is 5.91 Å². The van der Waals surface area contributed by atoms with Crippen molar-refractivity contribution in [3.05, 3.63) is 9.47 Å². The number of hydrogen-bond donors (Lipinski definition) is 1. The fourth-order valence-corrected chi connectivity index (χ4v) is 1.50. The van der Waals surface area contributed by atoms with Gasteiger partial charge in [0.25, 0.3) is 5.91 Å². The van der Waals surface area contributed by atoms with Crippen molar-refractivity contribution in [1.29, 1.82) is 0 Å². The van der Waals surface area contributed by atoms with Crippen molar-refractivity contribution < 1.29 is 4.79 Å². The van der Waals surface area contributed by atoms with E-state index in [1.165, 1.54) is 0 Å². The van der Waals surface area contributed by atoms with Gasteiger partial charge in [-0.25, -0.2) is 0 Å². The molecule has 1 amide bonds. The summed E-state index contributed by atoms with van der Waals surface area (Å²) in [7, 11) is 0. The van der Waals surface area contributed by atoms with Crippen molar-refractivity contribution >= 4 is 28.8 Å². The van der Waals surface area contributed by atoms with Gasteiger partial charge >= 0.3 is 0 Å². The van der Waals surface area contributed by atoms with Crippen LogP contribution in [0.3, 0.4) is 0 Å². The van der Waals surface area contributed by atoms with Crippen LogP contribution in [0.4, 0.5) is 0 Å². The Morgan fingerprint density at radius 3 is 2.92 bits per heavy atom.